The van der Waals surface area contributed by atoms with Gasteiger partial charge in [0, 0.05) is 23.5 Å². The summed E-state index contributed by atoms with van der Waals surface area (Å²) in [4.78, 5) is 11.9. The zero-order chi connectivity index (χ0) is 9.97. The molecule has 2 N–H and O–H groups in total. The molecule has 0 aliphatic heterocycles. The average Bonchev–Trinajstić information content (AvgIpc) is 2.23. The van der Waals surface area contributed by atoms with Crippen LogP contribution < -0.4 is 5.73 Å². The van der Waals surface area contributed by atoms with Crippen molar-refractivity contribution in [2.75, 3.05) is 5.73 Å². The fourth-order valence-electron chi connectivity index (χ4n) is 1.13. The second-order valence-electron chi connectivity index (χ2n) is 2.72. The second kappa shape index (κ2) is 3.71. The highest BCUT2D eigenvalue weighted by Crippen LogP contribution is 2.25. The van der Waals surface area contributed by atoms with Gasteiger partial charge >= 0.3 is 0 Å². The highest BCUT2D eigenvalue weighted by Gasteiger charge is 2.03. The smallest absolute Gasteiger partial charge is 0.115 e. The van der Waals surface area contributed by atoms with E-state index in [4.69, 9.17) is 5.73 Å². The molecular formula is C9H7BrN4. The lowest BCUT2D eigenvalue weighted by Crippen LogP contribution is -1.92. The van der Waals surface area contributed by atoms with Crippen LogP contribution in [0.4, 0.5) is 5.69 Å². The lowest BCUT2D eigenvalue weighted by Gasteiger charge is -2.04. The molecule has 70 valence electrons. The highest BCUT2D eigenvalue weighted by molar-refractivity contribution is 9.10. The van der Waals surface area contributed by atoms with E-state index in [1.807, 2.05) is 6.07 Å². The Labute approximate surface area is 89.4 Å². The Kier molecular flexibility index (Phi) is 2.41. The number of aromatic nitrogens is 3. The van der Waals surface area contributed by atoms with Gasteiger partial charge in [0.05, 0.1) is 11.9 Å². The monoisotopic (exact) mass is 250 g/mol. The number of nitrogen functional groups attached to an aromatic ring is 1. The van der Waals surface area contributed by atoms with Gasteiger partial charge in [0.2, 0.25) is 0 Å². The summed E-state index contributed by atoms with van der Waals surface area (Å²) < 4.78 is 0.741. The molecular weight excluding hydrogens is 244 g/mol. The van der Waals surface area contributed by atoms with Crippen molar-refractivity contribution in [2.45, 2.75) is 0 Å². The van der Waals surface area contributed by atoms with Crippen LogP contribution >= 0.6 is 15.9 Å². The van der Waals surface area contributed by atoms with Crippen LogP contribution in [0.1, 0.15) is 0 Å². The summed E-state index contributed by atoms with van der Waals surface area (Å²) in [5.41, 5.74) is 8.16. The second-order valence-corrected chi connectivity index (χ2v) is 3.53. The number of hydrogen-bond donors (Lipinski definition) is 1. The zero-order valence-corrected chi connectivity index (χ0v) is 8.77. The fraction of sp³-hybridized carbons (Fsp3) is 0. The first-order valence-electron chi connectivity index (χ1n) is 3.94. The Morgan fingerprint density at radius 3 is 2.57 bits per heavy atom. The first-order valence-corrected chi connectivity index (χ1v) is 4.73. The fourth-order valence-corrected chi connectivity index (χ4v) is 1.46. The topological polar surface area (TPSA) is 64.7 Å². The van der Waals surface area contributed by atoms with Crippen LogP contribution in [0, 0.1) is 0 Å². The third-order valence-corrected chi connectivity index (χ3v) is 2.21. The minimum absolute atomic E-state index is 0.614. The van der Waals surface area contributed by atoms with Crippen molar-refractivity contribution < 1.29 is 0 Å². The van der Waals surface area contributed by atoms with Crippen molar-refractivity contribution in [1.82, 2.24) is 15.0 Å². The number of halogens is 1. The molecule has 0 atom stereocenters. The van der Waals surface area contributed by atoms with E-state index in [9.17, 15) is 0 Å². The molecule has 0 saturated heterocycles. The van der Waals surface area contributed by atoms with Gasteiger partial charge in [-0.15, -0.1) is 0 Å². The largest absolute Gasteiger partial charge is 0.397 e. The summed E-state index contributed by atoms with van der Waals surface area (Å²) in [5, 5.41) is 0. The van der Waals surface area contributed by atoms with E-state index in [1.165, 1.54) is 6.33 Å². The molecule has 2 rings (SSSR count). The van der Waals surface area contributed by atoms with Crippen LogP contribution in [-0.2, 0) is 0 Å². The van der Waals surface area contributed by atoms with Crippen LogP contribution in [-0.4, -0.2) is 15.0 Å². The van der Waals surface area contributed by atoms with Crippen molar-refractivity contribution >= 4 is 21.6 Å². The molecule has 2 aromatic rings. The molecule has 0 amide bonds. The zero-order valence-electron chi connectivity index (χ0n) is 7.18. The number of nitrogens with zero attached hydrogens (tertiary/aromatic N) is 3. The summed E-state index contributed by atoms with van der Waals surface area (Å²) in [6.45, 7) is 0. The Balaban J connectivity index is 2.57. The summed E-state index contributed by atoms with van der Waals surface area (Å²) >= 11 is 3.29. The molecule has 0 saturated carbocycles. The molecule has 0 radical (unpaired) electrons. The molecule has 14 heavy (non-hydrogen) atoms. The maximum atomic E-state index is 5.78. The van der Waals surface area contributed by atoms with E-state index < -0.39 is 0 Å². The van der Waals surface area contributed by atoms with Crippen molar-refractivity contribution in [3.63, 3.8) is 0 Å². The van der Waals surface area contributed by atoms with E-state index in [0.717, 1.165) is 15.7 Å². The Hall–Kier alpha value is -1.49. The third-order valence-electron chi connectivity index (χ3n) is 1.77. The normalized spacial score (nSPS) is 10.1. The molecule has 2 heterocycles. The van der Waals surface area contributed by atoms with Gasteiger partial charge in [-0.05, 0) is 22.0 Å². The van der Waals surface area contributed by atoms with Crippen molar-refractivity contribution in [3.8, 4) is 11.1 Å². The van der Waals surface area contributed by atoms with Crippen molar-refractivity contribution in [1.29, 1.82) is 0 Å². The van der Waals surface area contributed by atoms with Gasteiger partial charge in [-0.2, -0.15) is 0 Å². The van der Waals surface area contributed by atoms with Crippen molar-refractivity contribution in [2.24, 2.45) is 0 Å². The minimum Gasteiger partial charge on any atom is -0.397 e. The van der Waals surface area contributed by atoms with Gasteiger partial charge in [-0.1, -0.05) is 0 Å². The first kappa shape index (κ1) is 9.08. The van der Waals surface area contributed by atoms with Crippen LogP contribution in [0.5, 0.6) is 0 Å². The number of rotatable bonds is 1. The predicted octanol–water partition coefficient (Wildman–Crippen LogP) is 1.88. The highest BCUT2D eigenvalue weighted by atomic mass is 79.9. The Bertz CT molecular complexity index is 444. The summed E-state index contributed by atoms with van der Waals surface area (Å²) in [7, 11) is 0. The standard InChI is InChI=1S/C9H7BrN4/c10-9-1-7(8(11)4-14-9)6-2-12-5-13-3-6/h1-5H,11H2. The molecule has 0 bridgehead atoms. The van der Waals surface area contributed by atoms with Gasteiger partial charge < -0.3 is 5.73 Å². The maximum Gasteiger partial charge on any atom is 0.115 e. The molecule has 0 aliphatic carbocycles. The van der Waals surface area contributed by atoms with Gasteiger partial charge in [0.1, 0.15) is 10.9 Å². The van der Waals surface area contributed by atoms with E-state index >= 15 is 0 Å². The maximum absolute atomic E-state index is 5.78. The van der Waals surface area contributed by atoms with E-state index in [0.29, 0.717) is 5.69 Å². The van der Waals surface area contributed by atoms with Gasteiger partial charge in [0.15, 0.2) is 0 Å². The van der Waals surface area contributed by atoms with Crippen LogP contribution in [0.25, 0.3) is 11.1 Å². The van der Waals surface area contributed by atoms with Gasteiger partial charge in [-0.25, -0.2) is 15.0 Å². The number of anilines is 1. The molecule has 0 unspecified atom stereocenters. The molecule has 0 spiro atoms. The van der Waals surface area contributed by atoms with Gasteiger partial charge in [0.25, 0.3) is 0 Å². The average molecular weight is 251 g/mol. The van der Waals surface area contributed by atoms with Crippen LogP contribution in [0.3, 0.4) is 0 Å². The molecule has 4 nitrogen and oxygen atoms in total. The van der Waals surface area contributed by atoms with Gasteiger partial charge in [-0.3, -0.25) is 0 Å². The van der Waals surface area contributed by atoms with Crippen molar-refractivity contribution in [3.05, 3.63) is 35.6 Å². The quantitative estimate of drug-likeness (QED) is 0.786. The minimum atomic E-state index is 0.614. The van der Waals surface area contributed by atoms with E-state index in [1.54, 1.807) is 18.6 Å². The molecule has 0 aromatic carbocycles. The van der Waals surface area contributed by atoms with E-state index in [2.05, 4.69) is 30.9 Å². The SMILES string of the molecule is Nc1cnc(Br)cc1-c1cncnc1. The Morgan fingerprint density at radius 1 is 1.14 bits per heavy atom. The lowest BCUT2D eigenvalue weighted by atomic mass is 10.1. The lowest BCUT2D eigenvalue weighted by molar-refractivity contribution is 1.17. The molecule has 0 aliphatic rings. The summed E-state index contributed by atoms with van der Waals surface area (Å²) in [6, 6.07) is 1.84. The van der Waals surface area contributed by atoms with E-state index in [-0.39, 0.29) is 0 Å². The van der Waals surface area contributed by atoms with Crippen LogP contribution in [0.15, 0.2) is 35.6 Å². The first-order chi connectivity index (χ1) is 6.77. The number of hydrogen-bond acceptors (Lipinski definition) is 4. The third kappa shape index (κ3) is 1.72. The summed E-state index contributed by atoms with van der Waals surface area (Å²) in [6.07, 6.45) is 6.51. The molecule has 5 heteroatoms. The Morgan fingerprint density at radius 2 is 1.86 bits per heavy atom. The molecule has 2 aromatic heterocycles. The van der Waals surface area contributed by atoms with Crippen LogP contribution in [0.2, 0.25) is 0 Å². The molecule has 0 fully saturated rings. The number of nitrogens with two attached hydrogens (primary N) is 1. The number of pyridine rings is 1. The summed E-state index contributed by atoms with van der Waals surface area (Å²) in [5.74, 6) is 0. The predicted molar refractivity (Wildman–Crippen MR) is 57.4 cm³/mol.